The standard InChI is InChI=1S/C18H15ClFNO4/c1-18(24)12-7-6-10(16(22)25-2)8-15(12)21(17(18)23)9-11-13(19)4-3-5-14(11)20/h3-8,24H,9H2,1-2H3. The highest BCUT2D eigenvalue weighted by molar-refractivity contribution is 6.31. The topological polar surface area (TPSA) is 66.8 Å². The summed E-state index contributed by atoms with van der Waals surface area (Å²) in [4.78, 5) is 25.6. The fourth-order valence-corrected chi connectivity index (χ4v) is 3.12. The molecule has 2 aromatic rings. The number of anilines is 1. The average molecular weight is 364 g/mol. The summed E-state index contributed by atoms with van der Waals surface area (Å²) in [5, 5.41) is 10.7. The first kappa shape index (κ1) is 17.4. The zero-order valence-electron chi connectivity index (χ0n) is 13.5. The molecule has 2 aromatic carbocycles. The number of fused-ring (bicyclic) bond motifs is 1. The number of ether oxygens (including phenoxy) is 1. The summed E-state index contributed by atoms with van der Waals surface area (Å²) >= 11 is 6.04. The molecule has 0 spiro atoms. The van der Waals surface area contributed by atoms with Crippen LogP contribution in [0.2, 0.25) is 5.02 Å². The van der Waals surface area contributed by atoms with Crippen LogP contribution in [0.5, 0.6) is 0 Å². The second-order valence-electron chi connectivity index (χ2n) is 5.89. The number of hydrogen-bond donors (Lipinski definition) is 1. The fourth-order valence-electron chi connectivity index (χ4n) is 2.90. The Morgan fingerprint density at radius 1 is 1.36 bits per heavy atom. The van der Waals surface area contributed by atoms with Crippen LogP contribution >= 0.6 is 11.6 Å². The molecule has 1 N–H and O–H groups in total. The lowest BCUT2D eigenvalue weighted by atomic mass is 9.97. The molecule has 0 saturated heterocycles. The van der Waals surface area contributed by atoms with Crippen molar-refractivity contribution in [1.29, 1.82) is 0 Å². The molecule has 7 heteroatoms. The first-order valence-corrected chi connectivity index (χ1v) is 7.85. The Hall–Kier alpha value is -2.44. The van der Waals surface area contributed by atoms with E-state index in [1.807, 2.05) is 0 Å². The summed E-state index contributed by atoms with van der Waals surface area (Å²) in [5.41, 5.74) is -0.780. The van der Waals surface area contributed by atoms with Crippen LogP contribution in [-0.4, -0.2) is 24.1 Å². The number of amides is 1. The Morgan fingerprint density at radius 3 is 2.72 bits per heavy atom. The zero-order valence-corrected chi connectivity index (χ0v) is 14.3. The van der Waals surface area contributed by atoms with Gasteiger partial charge in [-0.2, -0.15) is 0 Å². The van der Waals surface area contributed by atoms with E-state index in [2.05, 4.69) is 4.74 Å². The van der Waals surface area contributed by atoms with Gasteiger partial charge in [0.1, 0.15) is 5.82 Å². The van der Waals surface area contributed by atoms with Crippen molar-refractivity contribution in [2.45, 2.75) is 19.1 Å². The third-order valence-electron chi connectivity index (χ3n) is 4.27. The summed E-state index contributed by atoms with van der Waals surface area (Å²) in [6.45, 7) is 1.19. The second kappa shape index (κ2) is 6.13. The predicted molar refractivity (Wildman–Crippen MR) is 90.0 cm³/mol. The number of carbonyl (C=O) groups excluding carboxylic acids is 2. The van der Waals surface area contributed by atoms with E-state index in [1.54, 1.807) is 0 Å². The van der Waals surface area contributed by atoms with Gasteiger partial charge >= 0.3 is 5.97 Å². The maximum Gasteiger partial charge on any atom is 0.337 e. The summed E-state index contributed by atoms with van der Waals surface area (Å²) in [6, 6.07) is 8.62. The quantitative estimate of drug-likeness (QED) is 0.851. The van der Waals surface area contributed by atoms with Crippen LogP contribution in [0.25, 0.3) is 0 Å². The minimum Gasteiger partial charge on any atom is -0.465 e. The van der Waals surface area contributed by atoms with E-state index in [4.69, 9.17) is 11.6 Å². The lowest BCUT2D eigenvalue weighted by Gasteiger charge is -2.20. The van der Waals surface area contributed by atoms with Gasteiger partial charge in [-0.15, -0.1) is 0 Å². The molecule has 1 heterocycles. The maximum absolute atomic E-state index is 14.1. The van der Waals surface area contributed by atoms with Crippen molar-refractivity contribution in [1.82, 2.24) is 0 Å². The molecule has 0 bridgehead atoms. The number of nitrogens with zero attached hydrogens (tertiary/aromatic N) is 1. The second-order valence-corrected chi connectivity index (χ2v) is 6.29. The van der Waals surface area contributed by atoms with E-state index >= 15 is 0 Å². The highest BCUT2D eigenvalue weighted by atomic mass is 35.5. The predicted octanol–water partition coefficient (Wildman–Crippen LogP) is 3.02. The van der Waals surface area contributed by atoms with Crippen LogP contribution in [0.1, 0.15) is 28.4 Å². The number of rotatable bonds is 3. The molecule has 0 aliphatic carbocycles. The molecule has 1 aliphatic heterocycles. The van der Waals surface area contributed by atoms with Gasteiger partial charge in [0, 0.05) is 16.1 Å². The van der Waals surface area contributed by atoms with Gasteiger partial charge in [0.15, 0.2) is 5.60 Å². The molecule has 3 rings (SSSR count). The molecule has 0 saturated carbocycles. The van der Waals surface area contributed by atoms with Crippen molar-refractivity contribution in [3.8, 4) is 0 Å². The first-order valence-electron chi connectivity index (χ1n) is 7.47. The highest BCUT2D eigenvalue weighted by Crippen LogP contribution is 2.42. The third-order valence-corrected chi connectivity index (χ3v) is 4.63. The van der Waals surface area contributed by atoms with E-state index in [-0.39, 0.29) is 22.7 Å². The number of halogens is 2. The van der Waals surface area contributed by atoms with Crippen molar-refractivity contribution >= 4 is 29.2 Å². The van der Waals surface area contributed by atoms with Gasteiger partial charge in [-0.3, -0.25) is 4.79 Å². The van der Waals surface area contributed by atoms with Gasteiger partial charge in [0.05, 0.1) is 24.9 Å². The van der Waals surface area contributed by atoms with Gasteiger partial charge in [-0.25, -0.2) is 9.18 Å². The Morgan fingerprint density at radius 2 is 2.08 bits per heavy atom. The summed E-state index contributed by atoms with van der Waals surface area (Å²) in [6.07, 6.45) is 0. The van der Waals surface area contributed by atoms with Gasteiger partial charge in [-0.05, 0) is 31.2 Å². The number of hydrogen-bond acceptors (Lipinski definition) is 4. The van der Waals surface area contributed by atoms with E-state index < -0.39 is 23.3 Å². The summed E-state index contributed by atoms with van der Waals surface area (Å²) in [5.74, 6) is -1.76. The first-order chi connectivity index (χ1) is 11.8. The molecule has 25 heavy (non-hydrogen) atoms. The molecule has 1 atom stereocenters. The Bertz CT molecular complexity index is 861. The molecule has 1 unspecified atom stereocenters. The smallest absolute Gasteiger partial charge is 0.337 e. The molecular formula is C18H15ClFNO4. The van der Waals surface area contributed by atoms with E-state index in [9.17, 15) is 19.1 Å². The number of esters is 1. The van der Waals surface area contributed by atoms with Crippen molar-refractivity contribution in [3.63, 3.8) is 0 Å². The minimum atomic E-state index is -1.78. The number of methoxy groups -OCH3 is 1. The molecular weight excluding hydrogens is 349 g/mol. The van der Waals surface area contributed by atoms with Gasteiger partial charge < -0.3 is 14.7 Å². The molecule has 0 radical (unpaired) electrons. The van der Waals surface area contributed by atoms with Gasteiger partial charge in [0.25, 0.3) is 5.91 Å². The largest absolute Gasteiger partial charge is 0.465 e. The van der Waals surface area contributed by atoms with Gasteiger partial charge in [-0.1, -0.05) is 23.7 Å². The molecule has 130 valence electrons. The van der Waals surface area contributed by atoms with E-state index in [0.29, 0.717) is 11.3 Å². The van der Waals surface area contributed by atoms with E-state index in [0.717, 1.165) is 0 Å². The molecule has 1 amide bonds. The van der Waals surface area contributed by atoms with Crippen LogP contribution in [0.15, 0.2) is 36.4 Å². The number of carbonyl (C=O) groups is 2. The fraction of sp³-hybridized carbons (Fsp3) is 0.222. The molecule has 0 fully saturated rings. The maximum atomic E-state index is 14.1. The molecule has 0 aromatic heterocycles. The van der Waals surface area contributed by atoms with Crippen LogP contribution in [0.3, 0.4) is 0 Å². The number of aliphatic hydroxyl groups is 1. The average Bonchev–Trinajstić information content (AvgIpc) is 2.77. The van der Waals surface area contributed by atoms with Crippen LogP contribution in [0, 0.1) is 5.82 Å². The minimum absolute atomic E-state index is 0.129. The Labute approximate surface area is 148 Å². The van der Waals surface area contributed by atoms with Crippen molar-refractivity contribution in [3.05, 3.63) is 63.9 Å². The van der Waals surface area contributed by atoms with Crippen LogP contribution in [0.4, 0.5) is 10.1 Å². The molecule has 1 aliphatic rings. The lowest BCUT2D eigenvalue weighted by molar-refractivity contribution is -0.134. The van der Waals surface area contributed by atoms with Crippen LogP contribution in [-0.2, 0) is 21.7 Å². The third kappa shape index (κ3) is 2.77. The summed E-state index contributed by atoms with van der Waals surface area (Å²) in [7, 11) is 1.24. The SMILES string of the molecule is COC(=O)c1ccc2c(c1)N(Cc1c(F)cccc1Cl)C(=O)C2(C)O. The summed E-state index contributed by atoms with van der Waals surface area (Å²) < 4.78 is 18.8. The van der Waals surface area contributed by atoms with Crippen LogP contribution < -0.4 is 4.90 Å². The highest BCUT2D eigenvalue weighted by Gasteiger charge is 2.46. The van der Waals surface area contributed by atoms with Crippen molar-refractivity contribution in [2.24, 2.45) is 0 Å². The van der Waals surface area contributed by atoms with Crippen molar-refractivity contribution in [2.75, 3.05) is 12.0 Å². The Balaban J connectivity index is 2.10. The normalized spacial score (nSPS) is 19.1. The zero-order chi connectivity index (χ0) is 18.4. The number of benzene rings is 2. The van der Waals surface area contributed by atoms with Crippen molar-refractivity contribution < 1.29 is 23.8 Å². The lowest BCUT2D eigenvalue weighted by Crippen LogP contribution is -2.37. The Kier molecular flexibility index (Phi) is 4.26. The van der Waals surface area contributed by atoms with Gasteiger partial charge in [0.2, 0.25) is 0 Å². The monoisotopic (exact) mass is 363 g/mol. The molecule has 5 nitrogen and oxygen atoms in total. The van der Waals surface area contributed by atoms with E-state index in [1.165, 1.54) is 55.3 Å².